The van der Waals surface area contributed by atoms with Gasteiger partial charge < -0.3 is 5.11 Å². The van der Waals surface area contributed by atoms with E-state index in [1.165, 1.54) is 0 Å². The lowest BCUT2D eigenvalue weighted by Crippen LogP contribution is -2.19. The Morgan fingerprint density at radius 3 is 2.56 bits per heavy atom. The van der Waals surface area contributed by atoms with Crippen molar-refractivity contribution < 1.29 is 9.90 Å². The SMILES string of the molecule is Cc1ccc2c(c1)C(C(=O)O)=CSC2C(C)(C)C. The van der Waals surface area contributed by atoms with E-state index in [1.54, 1.807) is 17.2 Å². The Labute approximate surface area is 112 Å². The summed E-state index contributed by atoms with van der Waals surface area (Å²) in [5, 5.41) is 11.4. The quantitative estimate of drug-likeness (QED) is 0.822. The predicted molar refractivity (Wildman–Crippen MR) is 76.6 cm³/mol. The standard InChI is InChI=1S/C15H18O2S/c1-9-5-6-10-11(7-9)12(14(16)17)8-18-13(10)15(2,3)4/h5-8,13H,1-4H3,(H,16,17). The van der Waals surface area contributed by atoms with Crippen molar-refractivity contribution in [2.45, 2.75) is 32.9 Å². The zero-order valence-electron chi connectivity index (χ0n) is 11.2. The summed E-state index contributed by atoms with van der Waals surface area (Å²) in [5.41, 5.74) is 3.63. The minimum Gasteiger partial charge on any atom is -0.478 e. The first-order valence-corrected chi connectivity index (χ1v) is 6.95. The van der Waals surface area contributed by atoms with E-state index in [2.05, 4.69) is 32.9 Å². The van der Waals surface area contributed by atoms with Crippen LogP contribution in [0.25, 0.3) is 5.57 Å². The van der Waals surface area contributed by atoms with Gasteiger partial charge in [-0.15, -0.1) is 11.8 Å². The van der Waals surface area contributed by atoms with Crippen molar-refractivity contribution in [1.82, 2.24) is 0 Å². The van der Waals surface area contributed by atoms with E-state index in [-0.39, 0.29) is 5.41 Å². The van der Waals surface area contributed by atoms with Crippen molar-refractivity contribution in [3.63, 3.8) is 0 Å². The molecular formula is C15H18O2S. The first kappa shape index (κ1) is 13.2. The van der Waals surface area contributed by atoms with Gasteiger partial charge in [0.05, 0.1) is 5.57 Å². The van der Waals surface area contributed by atoms with Crippen LogP contribution in [0, 0.1) is 12.3 Å². The lowest BCUT2D eigenvalue weighted by Gasteiger charge is -2.34. The smallest absolute Gasteiger partial charge is 0.336 e. The second kappa shape index (κ2) is 4.47. The number of thioether (sulfide) groups is 1. The van der Waals surface area contributed by atoms with Crippen LogP contribution in [0.1, 0.15) is 42.7 Å². The summed E-state index contributed by atoms with van der Waals surface area (Å²) < 4.78 is 0. The molecule has 1 aromatic carbocycles. The molecule has 3 heteroatoms. The van der Waals surface area contributed by atoms with Crippen LogP contribution in [0.2, 0.25) is 0 Å². The normalized spacial score (nSPS) is 19.1. The molecular weight excluding hydrogens is 244 g/mol. The molecule has 0 aromatic heterocycles. The lowest BCUT2D eigenvalue weighted by molar-refractivity contribution is -0.130. The maximum atomic E-state index is 11.3. The van der Waals surface area contributed by atoms with E-state index in [4.69, 9.17) is 0 Å². The summed E-state index contributed by atoms with van der Waals surface area (Å²) in [7, 11) is 0. The van der Waals surface area contributed by atoms with Crippen LogP contribution < -0.4 is 0 Å². The van der Waals surface area contributed by atoms with Crippen LogP contribution in [-0.2, 0) is 4.79 Å². The van der Waals surface area contributed by atoms with Crippen molar-refractivity contribution in [2.24, 2.45) is 5.41 Å². The Bertz CT molecular complexity index is 524. The Hall–Kier alpha value is -1.22. The summed E-state index contributed by atoms with van der Waals surface area (Å²) in [6.07, 6.45) is 0. The van der Waals surface area contributed by atoms with Crippen LogP contribution in [0.15, 0.2) is 23.6 Å². The van der Waals surface area contributed by atoms with Gasteiger partial charge in [-0.1, -0.05) is 44.5 Å². The van der Waals surface area contributed by atoms with E-state index in [0.29, 0.717) is 10.8 Å². The highest BCUT2D eigenvalue weighted by atomic mass is 32.2. The largest absolute Gasteiger partial charge is 0.478 e. The molecule has 1 aromatic rings. The number of aliphatic carboxylic acids is 1. The minimum atomic E-state index is -0.846. The van der Waals surface area contributed by atoms with E-state index in [0.717, 1.165) is 16.7 Å². The molecule has 2 nitrogen and oxygen atoms in total. The van der Waals surface area contributed by atoms with Crippen molar-refractivity contribution in [2.75, 3.05) is 0 Å². The molecule has 0 saturated carbocycles. The number of carboxylic acid groups (broad SMARTS) is 1. The molecule has 96 valence electrons. The topological polar surface area (TPSA) is 37.3 Å². The van der Waals surface area contributed by atoms with Gasteiger partial charge in [0.1, 0.15) is 0 Å². The highest BCUT2D eigenvalue weighted by Gasteiger charge is 2.33. The third-order valence-electron chi connectivity index (χ3n) is 3.12. The van der Waals surface area contributed by atoms with Crippen molar-refractivity contribution >= 4 is 23.3 Å². The highest BCUT2D eigenvalue weighted by Crippen LogP contribution is 2.50. The number of fused-ring (bicyclic) bond motifs is 1. The second-order valence-corrected chi connectivity index (χ2v) is 6.79. The second-order valence-electron chi connectivity index (χ2n) is 5.81. The number of carbonyl (C=O) groups is 1. The van der Waals surface area contributed by atoms with Gasteiger partial charge in [-0.3, -0.25) is 0 Å². The van der Waals surface area contributed by atoms with Gasteiger partial charge in [0.15, 0.2) is 0 Å². The van der Waals surface area contributed by atoms with Crippen LogP contribution in [0.3, 0.4) is 0 Å². The molecule has 0 spiro atoms. The molecule has 0 saturated heterocycles. The maximum absolute atomic E-state index is 11.3. The number of benzene rings is 1. The zero-order valence-corrected chi connectivity index (χ0v) is 12.0. The maximum Gasteiger partial charge on any atom is 0.336 e. The molecule has 0 fully saturated rings. The van der Waals surface area contributed by atoms with Gasteiger partial charge >= 0.3 is 5.97 Å². The molecule has 1 aliphatic heterocycles. The molecule has 18 heavy (non-hydrogen) atoms. The molecule has 1 atom stereocenters. The third kappa shape index (κ3) is 2.32. The summed E-state index contributed by atoms with van der Waals surface area (Å²) in [5.74, 6) is -0.846. The average Bonchev–Trinajstić information content (AvgIpc) is 2.25. The fourth-order valence-electron chi connectivity index (χ4n) is 2.24. The highest BCUT2D eigenvalue weighted by molar-refractivity contribution is 8.02. The summed E-state index contributed by atoms with van der Waals surface area (Å²) in [4.78, 5) is 11.3. The van der Waals surface area contributed by atoms with E-state index in [1.807, 2.05) is 13.0 Å². The Morgan fingerprint density at radius 1 is 1.33 bits per heavy atom. The number of hydrogen-bond donors (Lipinski definition) is 1. The molecule has 1 heterocycles. The van der Waals surface area contributed by atoms with Gasteiger partial charge in [-0.05, 0) is 28.9 Å². The predicted octanol–water partition coefficient (Wildman–Crippen LogP) is 4.25. The monoisotopic (exact) mass is 262 g/mol. The fourth-order valence-corrected chi connectivity index (χ4v) is 3.50. The number of rotatable bonds is 1. The Balaban J connectivity index is 2.59. The Morgan fingerprint density at radius 2 is 2.00 bits per heavy atom. The first-order valence-electron chi connectivity index (χ1n) is 6.00. The van der Waals surface area contributed by atoms with Gasteiger partial charge in [0.25, 0.3) is 0 Å². The average molecular weight is 262 g/mol. The molecule has 0 aliphatic carbocycles. The van der Waals surface area contributed by atoms with E-state index >= 15 is 0 Å². The molecule has 1 N–H and O–H groups in total. The van der Waals surface area contributed by atoms with Gasteiger partial charge in [0, 0.05) is 5.25 Å². The van der Waals surface area contributed by atoms with Crippen LogP contribution in [0.4, 0.5) is 0 Å². The van der Waals surface area contributed by atoms with Crippen molar-refractivity contribution in [3.8, 4) is 0 Å². The lowest BCUT2D eigenvalue weighted by atomic mass is 9.83. The minimum absolute atomic E-state index is 0.106. The number of hydrogen-bond acceptors (Lipinski definition) is 2. The molecule has 1 unspecified atom stereocenters. The molecule has 1 aliphatic rings. The van der Waals surface area contributed by atoms with Crippen molar-refractivity contribution in [3.05, 3.63) is 40.3 Å². The molecule has 0 radical (unpaired) electrons. The third-order valence-corrected chi connectivity index (χ3v) is 4.73. The summed E-state index contributed by atoms with van der Waals surface area (Å²) in [6.45, 7) is 8.56. The summed E-state index contributed by atoms with van der Waals surface area (Å²) >= 11 is 1.61. The fraction of sp³-hybridized carbons (Fsp3) is 0.400. The van der Waals surface area contributed by atoms with Crippen molar-refractivity contribution in [1.29, 1.82) is 0 Å². The molecule has 0 bridgehead atoms. The molecule has 2 rings (SSSR count). The van der Waals surface area contributed by atoms with Gasteiger partial charge in [-0.2, -0.15) is 0 Å². The van der Waals surface area contributed by atoms with Gasteiger partial charge in [-0.25, -0.2) is 4.79 Å². The number of carboxylic acids is 1. The first-order chi connectivity index (χ1) is 8.30. The van der Waals surface area contributed by atoms with E-state index in [9.17, 15) is 9.90 Å². The van der Waals surface area contributed by atoms with Gasteiger partial charge in [0.2, 0.25) is 0 Å². The molecule has 0 amide bonds. The zero-order chi connectivity index (χ0) is 13.5. The van der Waals surface area contributed by atoms with E-state index < -0.39 is 5.97 Å². The van der Waals surface area contributed by atoms with Crippen LogP contribution in [0.5, 0.6) is 0 Å². The number of aryl methyl sites for hydroxylation is 1. The summed E-state index contributed by atoms with van der Waals surface area (Å²) in [6, 6.07) is 6.11. The Kier molecular flexibility index (Phi) is 3.28. The van der Waals surface area contributed by atoms with Crippen LogP contribution >= 0.6 is 11.8 Å². The van der Waals surface area contributed by atoms with Crippen LogP contribution in [-0.4, -0.2) is 11.1 Å².